The third kappa shape index (κ3) is 3.64. The van der Waals surface area contributed by atoms with Gasteiger partial charge in [0.2, 0.25) is 11.7 Å². The highest BCUT2D eigenvalue weighted by atomic mass is 16.5. The molecule has 2 aromatic heterocycles. The van der Waals surface area contributed by atoms with Crippen molar-refractivity contribution in [3.05, 3.63) is 24.0 Å². The molecule has 6 nitrogen and oxygen atoms in total. The molecule has 2 unspecified atom stereocenters. The van der Waals surface area contributed by atoms with Crippen molar-refractivity contribution < 1.29 is 4.52 Å². The zero-order valence-corrected chi connectivity index (χ0v) is 13.3. The largest absolute Gasteiger partial charge is 0.339 e. The number of hydrogen-bond donors (Lipinski definition) is 1. The van der Waals surface area contributed by atoms with Crippen LogP contribution in [0.5, 0.6) is 0 Å². The van der Waals surface area contributed by atoms with Crippen LogP contribution in [0.3, 0.4) is 0 Å². The summed E-state index contributed by atoms with van der Waals surface area (Å²) in [6.45, 7) is 11.3. The second kappa shape index (κ2) is 6.76. The van der Waals surface area contributed by atoms with Crippen molar-refractivity contribution in [2.45, 2.75) is 46.6 Å². The van der Waals surface area contributed by atoms with Crippen molar-refractivity contribution in [1.82, 2.24) is 25.4 Å². The Balaban J connectivity index is 2.28. The molecule has 0 bridgehead atoms. The van der Waals surface area contributed by atoms with E-state index in [1.807, 2.05) is 6.92 Å². The van der Waals surface area contributed by atoms with Gasteiger partial charge < -0.3 is 9.84 Å². The van der Waals surface area contributed by atoms with Gasteiger partial charge in [0, 0.05) is 12.2 Å². The van der Waals surface area contributed by atoms with Crippen LogP contribution in [0.15, 0.2) is 16.8 Å². The minimum atomic E-state index is 0.175. The van der Waals surface area contributed by atoms with Gasteiger partial charge in [-0.15, -0.1) is 0 Å². The molecule has 114 valence electrons. The molecule has 0 saturated carbocycles. The van der Waals surface area contributed by atoms with E-state index in [-0.39, 0.29) is 12.0 Å². The van der Waals surface area contributed by atoms with Crippen LogP contribution in [0.25, 0.3) is 11.5 Å². The summed E-state index contributed by atoms with van der Waals surface area (Å²) >= 11 is 0. The number of nitrogens with zero attached hydrogens (tertiary/aromatic N) is 4. The molecule has 0 aliphatic heterocycles. The summed E-state index contributed by atoms with van der Waals surface area (Å²) in [6.07, 6.45) is 1.70. The fourth-order valence-corrected chi connectivity index (χ4v) is 2.58. The molecule has 6 heteroatoms. The molecule has 0 spiro atoms. The summed E-state index contributed by atoms with van der Waals surface area (Å²) < 4.78 is 5.49. The number of aromatic nitrogens is 4. The molecule has 0 aliphatic carbocycles. The SMILES string of the molecule is CCNC(C)C(c1nc(-c2ccnc(C)n2)no1)C(C)C. The first kappa shape index (κ1) is 15.6. The van der Waals surface area contributed by atoms with E-state index in [4.69, 9.17) is 4.52 Å². The van der Waals surface area contributed by atoms with Crippen molar-refractivity contribution >= 4 is 0 Å². The van der Waals surface area contributed by atoms with E-state index in [0.29, 0.717) is 29.2 Å². The average molecular weight is 289 g/mol. The quantitative estimate of drug-likeness (QED) is 0.880. The van der Waals surface area contributed by atoms with Crippen LogP contribution in [0.1, 0.15) is 45.3 Å². The maximum atomic E-state index is 5.49. The maximum Gasteiger partial charge on any atom is 0.231 e. The predicted octanol–water partition coefficient (Wildman–Crippen LogP) is 2.57. The monoisotopic (exact) mass is 289 g/mol. The Bertz CT molecular complexity index is 581. The van der Waals surface area contributed by atoms with Crippen molar-refractivity contribution in [3.63, 3.8) is 0 Å². The number of aryl methyl sites for hydroxylation is 1. The van der Waals surface area contributed by atoms with Crippen LogP contribution in [0, 0.1) is 12.8 Å². The molecule has 2 aromatic rings. The van der Waals surface area contributed by atoms with E-state index >= 15 is 0 Å². The van der Waals surface area contributed by atoms with Crippen LogP contribution in [-0.4, -0.2) is 32.7 Å². The molecule has 2 heterocycles. The molecule has 1 N–H and O–H groups in total. The lowest BCUT2D eigenvalue weighted by atomic mass is 9.89. The first-order valence-electron chi connectivity index (χ1n) is 7.40. The van der Waals surface area contributed by atoms with Gasteiger partial charge in [0.25, 0.3) is 0 Å². The first-order valence-corrected chi connectivity index (χ1v) is 7.40. The lowest BCUT2D eigenvalue weighted by molar-refractivity contribution is 0.281. The Morgan fingerprint density at radius 1 is 1.24 bits per heavy atom. The number of likely N-dealkylation sites (N-methyl/N-ethyl adjacent to an activating group) is 1. The molecule has 0 amide bonds. The van der Waals surface area contributed by atoms with E-state index < -0.39 is 0 Å². The molecule has 2 rings (SSSR count). The number of nitrogens with one attached hydrogen (secondary N) is 1. The van der Waals surface area contributed by atoms with Crippen molar-refractivity contribution in [2.75, 3.05) is 6.54 Å². The van der Waals surface area contributed by atoms with Crippen molar-refractivity contribution in [2.24, 2.45) is 5.92 Å². The minimum Gasteiger partial charge on any atom is -0.339 e. The van der Waals surface area contributed by atoms with E-state index in [9.17, 15) is 0 Å². The van der Waals surface area contributed by atoms with Gasteiger partial charge in [-0.2, -0.15) is 4.98 Å². The Kier molecular flexibility index (Phi) is 5.01. The third-order valence-electron chi connectivity index (χ3n) is 3.52. The lowest BCUT2D eigenvalue weighted by Gasteiger charge is -2.24. The second-order valence-corrected chi connectivity index (χ2v) is 5.56. The summed E-state index contributed by atoms with van der Waals surface area (Å²) in [5.41, 5.74) is 0.691. The summed E-state index contributed by atoms with van der Waals surface area (Å²) in [4.78, 5) is 12.9. The predicted molar refractivity (Wildman–Crippen MR) is 80.8 cm³/mol. The van der Waals surface area contributed by atoms with Crippen molar-refractivity contribution in [1.29, 1.82) is 0 Å². The summed E-state index contributed by atoms with van der Waals surface area (Å²) in [5, 5.41) is 7.50. The van der Waals surface area contributed by atoms with E-state index in [0.717, 1.165) is 6.54 Å². The topological polar surface area (TPSA) is 76.7 Å². The Morgan fingerprint density at radius 2 is 2.00 bits per heavy atom. The molecule has 0 aliphatic rings. The second-order valence-electron chi connectivity index (χ2n) is 5.56. The minimum absolute atomic E-state index is 0.175. The van der Waals surface area contributed by atoms with Gasteiger partial charge in [-0.1, -0.05) is 25.9 Å². The summed E-state index contributed by atoms with van der Waals surface area (Å²) in [7, 11) is 0. The van der Waals surface area contributed by atoms with Crippen LogP contribution in [0.2, 0.25) is 0 Å². The normalized spacial score (nSPS) is 14.4. The smallest absolute Gasteiger partial charge is 0.231 e. The third-order valence-corrected chi connectivity index (χ3v) is 3.52. The maximum absolute atomic E-state index is 5.49. The highest BCUT2D eigenvalue weighted by Gasteiger charge is 2.28. The van der Waals surface area contributed by atoms with Gasteiger partial charge in [-0.05, 0) is 32.4 Å². The van der Waals surface area contributed by atoms with Gasteiger partial charge in [0.15, 0.2) is 0 Å². The highest BCUT2D eigenvalue weighted by Crippen LogP contribution is 2.28. The first-order chi connectivity index (χ1) is 10.0. The lowest BCUT2D eigenvalue weighted by Crippen LogP contribution is -2.34. The molecule has 0 radical (unpaired) electrons. The fraction of sp³-hybridized carbons (Fsp3) is 0.600. The Morgan fingerprint density at radius 3 is 2.62 bits per heavy atom. The molecule has 0 saturated heterocycles. The molecule has 21 heavy (non-hydrogen) atoms. The van der Waals surface area contributed by atoms with Gasteiger partial charge in [0.05, 0.1) is 5.92 Å². The van der Waals surface area contributed by atoms with E-state index in [1.54, 1.807) is 12.3 Å². The standard InChI is InChI=1S/C15H23N5O/c1-6-16-10(4)13(9(2)3)15-19-14(20-21-15)12-7-8-17-11(5)18-12/h7-10,13,16H,6H2,1-5H3. The van der Waals surface area contributed by atoms with Crippen LogP contribution < -0.4 is 5.32 Å². The van der Waals surface area contributed by atoms with E-state index in [1.165, 1.54) is 0 Å². The molecule has 0 aromatic carbocycles. The van der Waals surface area contributed by atoms with Crippen LogP contribution >= 0.6 is 0 Å². The Labute approximate surface area is 125 Å². The van der Waals surface area contributed by atoms with Gasteiger partial charge in [-0.3, -0.25) is 0 Å². The average Bonchev–Trinajstić information content (AvgIpc) is 2.88. The summed E-state index contributed by atoms with van der Waals surface area (Å²) in [5.74, 6) is 2.45. The van der Waals surface area contributed by atoms with Gasteiger partial charge in [-0.25, -0.2) is 9.97 Å². The van der Waals surface area contributed by atoms with Crippen LogP contribution in [-0.2, 0) is 0 Å². The fourth-order valence-electron chi connectivity index (χ4n) is 2.58. The zero-order valence-electron chi connectivity index (χ0n) is 13.3. The highest BCUT2D eigenvalue weighted by molar-refractivity contribution is 5.47. The molecule has 0 fully saturated rings. The van der Waals surface area contributed by atoms with Crippen molar-refractivity contribution in [3.8, 4) is 11.5 Å². The van der Waals surface area contributed by atoms with E-state index in [2.05, 4.69) is 53.1 Å². The number of rotatable bonds is 6. The number of hydrogen-bond acceptors (Lipinski definition) is 6. The summed E-state index contributed by atoms with van der Waals surface area (Å²) in [6, 6.07) is 2.06. The van der Waals surface area contributed by atoms with Crippen LogP contribution in [0.4, 0.5) is 0 Å². The zero-order chi connectivity index (χ0) is 15.4. The Hall–Kier alpha value is -1.82. The molecule has 2 atom stereocenters. The van der Waals surface area contributed by atoms with Gasteiger partial charge >= 0.3 is 0 Å². The molecular formula is C15H23N5O. The van der Waals surface area contributed by atoms with Gasteiger partial charge in [0.1, 0.15) is 11.5 Å². The molecular weight excluding hydrogens is 266 g/mol.